The Morgan fingerprint density at radius 1 is 0.974 bits per heavy atom. The number of pyridine rings is 1. The molecule has 1 aromatic heterocycles. The first-order valence-electron chi connectivity index (χ1n) is 11.2. The van der Waals surface area contributed by atoms with Crippen LogP contribution in [0.1, 0.15) is 38.1 Å². The van der Waals surface area contributed by atoms with E-state index in [2.05, 4.69) is 0 Å². The number of nitrogens with zero attached hydrogens (tertiary/aromatic N) is 3. The fraction of sp³-hybridized carbons (Fsp3) is 0.360. The van der Waals surface area contributed by atoms with Crippen LogP contribution in [0.15, 0.2) is 24.3 Å². The summed E-state index contributed by atoms with van der Waals surface area (Å²) in [5, 5.41) is 20.1. The van der Waals surface area contributed by atoms with Gasteiger partial charge in [0.05, 0.1) is 19.3 Å². The molecule has 2 heterocycles. The van der Waals surface area contributed by atoms with Gasteiger partial charge in [-0.1, -0.05) is 24.4 Å². The zero-order valence-corrected chi connectivity index (χ0v) is 21.7. The summed E-state index contributed by atoms with van der Waals surface area (Å²) in [6.45, 7) is 3.10. The van der Waals surface area contributed by atoms with Gasteiger partial charge in [-0.2, -0.15) is 10.5 Å². The zero-order chi connectivity index (χ0) is 28.1. The highest BCUT2D eigenvalue weighted by molar-refractivity contribution is 7.71. The normalized spacial score (nSPS) is 20.4. The monoisotopic (exact) mass is 540 g/mol. The van der Waals surface area contributed by atoms with E-state index < -0.39 is 42.4 Å². The first-order chi connectivity index (χ1) is 18.0. The highest BCUT2D eigenvalue weighted by Gasteiger charge is 2.48. The van der Waals surface area contributed by atoms with Crippen LogP contribution in [0.5, 0.6) is 5.75 Å². The molecule has 0 bridgehead atoms. The molecule has 0 amide bonds. The molecule has 12 nitrogen and oxygen atoms in total. The fourth-order valence-electron chi connectivity index (χ4n) is 4.17. The maximum Gasteiger partial charge on any atom is 0.303 e. The molecular weight excluding hydrogens is 516 g/mol. The van der Waals surface area contributed by atoms with Crippen molar-refractivity contribution < 1.29 is 38.1 Å². The Hall–Kier alpha value is -4.46. The number of methoxy groups -OCH3 is 1. The van der Waals surface area contributed by atoms with Gasteiger partial charge in [-0.05, 0) is 17.7 Å². The van der Waals surface area contributed by atoms with Crippen molar-refractivity contribution in [3.05, 3.63) is 40.0 Å². The number of nitrogen functional groups attached to an aromatic ring is 1. The summed E-state index contributed by atoms with van der Waals surface area (Å²) < 4.78 is 28.1. The molecular formula is C25H24N4O8S. The maximum atomic E-state index is 12.0. The fourth-order valence-corrected chi connectivity index (χ4v) is 4.52. The number of esters is 3. The third-order valence-electron chi connectivity index (χ3n) is 5.63. The maximum absolute atomic E-state index is 12.0. The van der Waals surface area contributed by atoms with E-state index in [1.807, 2.05) is 12.1 Å². The molecule has 0 unspecified atom stereocenters. The first-order valence-corrected chi connectivity index (χ1v) is 11.6. The molecule has 1 aliphatic heterocycles. The number of nitriles is 2. The van der Waals surface area contributed by atoms with E-state index in [0.29, 0.717) is 11.3 Å². The topological polar surface area (TPSA) is 176 Å². The van der Waals surface area contributed by atoms with Gasteiger partial charge in [0.25, 0.3) is 0 Å². The van der Waals surface area contributed by atoms with Gasteiger partial charge in [-0.3, -0.25) is 19.0 Å². The van der Waals surface area contributed by atoms with Crippen molar-refractivity contribution in [1.29, 1.82) is 10.5 Å². The van der Waals surface area contributed by atoms with E-state index in [-0.39, 0.29) is 33.8 Å². The van der Waals surface area contributed by atoms with Crippen LogP contribution in [0.4, 0.5) is 5.82 Å². The lowest BCUT2D eigenvalue weighted by molar-refractivity contribution is -0.239. The van der Waals surface area contributed by atoms with Gasteiger partial charge in [0.1, 0.15) is 33.9 Å². The van der Waals surface area contributed by atoms with Crippen LogP contribution >= 0.6 is 12.2 Å². The quantitative estimate of drug-likeness (QED) is 0.322. The molecule has 0 aliphatic carbocycles. The Balaban J connectivity index is 2.26. The third kappa shape index (κ3) is 5.59. The number of hydrogen-bond acceptors (Lipinski definition) is 12. The Labute approximate surface area is 223 Å². The molecule has 13 heteroatoms. The van der Waals surface area contributed by atoms with Crippen molar-refractivity contribution in [1.82, 2.24) is 4.57 Å². The summed E-state index contributed by atoms with van der Waals surface area (Å²) in [5.41, 5.74) is 6.96. The molecule has 3 rings (SSSR count). The minimum absolute atomic E-state index is 0.0627. The van der Waals surface area contributed by atoms with Crippen LogP contribution in [-0.4, -0.2) is 54.5 Å². The minimum Gasteiger partial charge on any atom is -0.497 e. The van der Waals surface area contributed by atoms with Gasteiger partial charge < -0.3 is 29.4 Å². The number of nitrogens with two attached hydrogens (primary N) is 1. The summed E-state index contributed by atoms with van der Waals surface area (Å²) in [7, 11) is 1.50. The molecule has 2 aromatic rings. The average Bonchev–Trinajstić information content (AvgIpc) is 2.86. The molecule has 38 heavy (non-hydrogen) atoms. The van der Waals surface area contributed by atoms with Gasteiger partial charge in [-0.25, -0.2) is 0 Å². The molecule has 198 valence electrons. The van der Waals surface area contributed by atoms with Gasteiger partial charge in [0, 0.05) is 26.3 Å². The SMILES string of the molecule is COc1ccc(-c2c(C#N)c(N)n([C@H]3OC[C@H](OC(C)=O)[C@@H](OC(C)=O)[C@H]3OC(C)=O)c(=S)c2C#N)cc1. The predicted octanol–water partition coefficient (Wildman–Crippen LogP) is 2.54. The molecule has 0 saturated carbocycles. The van der Waals surface area contributed by atoms with Crippen LogP contribution in [0, 0.1) is 27.3 Å². The molecule has 1 aromatic carbocycles. The van der Waals surface area contributed by atoms with Crippen LogP contribution in [0.2, 0.25) is 0 Å². The Bertz CT molecular complexity index is 1410. The summed E-state index contributed by atoms with van der Waals surface area (Å²) in [6, 6.07) is 10.6. The second-order valence-electron chi connectivity index (χ2n) is 8.16. The van der Waals surface area contributed by atoms with Crippen molar-refractivity contribution in [3.63, 3.8) is 0 Å². The average molecular weight is 541 g/mol. The van der Waals surface area contributed by atoms with Gasteiger partial charge >= 0.3 is 17.9 Å². The summed E-state index contributed by atoms with van der Waals surface area (Å²) >= 11 is 5.61. The van der Waals surface area contributed by atoms with Crippen LogP contribution in [0.3, 0.4) is 0 Å². The van der Waals surface area contributed by atoms with Crippen molar-refractivity contribution in [2.45, 2.75) is 45.3 Å². The van der Waals surface area contributed by atoms with E-state index in [4.69, 9.17) is 41.6 Å². The number of rotatable bonds is 6. The van der Waals surface area contributed by atoms with E-state index in [0.717, 1.165) is 25.3 Å². The summed E-state index contributed by atoms with van der Waals surface area (Å²) in [5.74, 6) is -1.83. The second kappa shape index (κ2) is 11.7. The number of anilines is 1. The lowest BCUT2D eigenvalue weighted by atomic mass is 9.95. The number of ether oxygens (including phenoxy) is 5. The first kappa shape index (κ1) is 28.1. The van der Waals surface area contributed by atoms with Gasteiger partial charge in [0.2, 0.25) is 0 Å². The van der Waals surface area contributed by atoms with Gasteiger partial charge in [0.15, 0.2) is 24.5 Å². The molecule has 4 atom stereocenters. The number of aromatic nitrogens is 1. The van der Waals surface area contributed by atoms with Crippen molar-refractivity contribution in [3.8, 4) is 29.0 Å². The van der Waals surface area contributed by atoms with E-state index in [9.17, 15) is 24.9 Å². The minimum atomic E-state index is -1.41. The van der Waals surface area contributed by atoms with E-state index in [1.54, 1.807) is 24.3 Å². The smallest absolute Gasteiger partial charge is 0.303 e. The van der Waals surface area contributed by atoms with Crippen LogP contribution < -0.4 is 10.5 Å². The molecule has 0 radical (unpaired) electrons. The number of carbonyl (C=O) groups is 3. The third-order valence-corrected chi connectivity index (χ3v) is 6.03. The summed E-state index contributed by atoms with van der Waals surface area (Å²) in [4.78, 5) is 35.6. The molecule has 2 N–H and O–H groups in total. The highest BCUT2D eigenvalue weighted by Crippen LogP contribution is 2.38. The van der Waals surface area contributed by atoms with Gasteiger partial charge in [-0.15, -0.1) is 0 Å². The number of hydrogen-bond donors (Lipinski definition) is 1. The number of carbonyl (C=O) groups excluding carboxylic acids is 3. The van der Waals surface area contributed by atoms with E-state index in [1.165, 1.54) is 7.11 Å². The number of benzene rings is 1. The standard InChI is InChI=1S/C25H24N4O8S/c1-12(30)35-19-11-34-24(22(37-14(3)32)21(19)36-13(2)31)29-23(28)17(9-26)20(18(10-27)25(29)38)15-5-7-16(33-4)8-6-15/h5-8,19,21-22,24H,11,28H2,1-4H3/t19-,21+,22+,24-/m0/s1. The van der Waals surface area contributed by atoms with Crippen LogP contribution in [0.25, 0.3) is 11.1 Å². The lowest BCUT2D eigenvalue weighted by Gasteiger charge is -2.41. The largest absolute Gasteiger partial charge is 0.497 e. The zero-order valence-electron chi connectivity index (χ0n) is 20.9. The molecule has 1 fully saturated rings. The molecule has 0 spiro atoms. The summed E-state index contributed by atoms with van der Waals surface area (Å²) in [6.07, 6.45) is -5.19. The second-order valence-corrected chi connectivity index (χ2v) is 8.54. The Morgan fingerprint density at radius 2 is 1.53 bits per heavy atom. The van der Waals surface area contributed by atoms with Crippen LogP contribution in [-0.2, 0) is 33.3 Å². The van der Waals surface area contributed by atoms with E-state index >= 15 is 0 Å². The van der Waals surface area contributed by atoms with Crippen molar-refractivity contribution >= 4 is 35.9 Å². The van der Waals surface area contributed by atoms with Crippen molar-refractivity contribution in [2.24, 2.45) is 0 Å². The highest BCUT2D eigenvalue weighted by atomic mass is 32.1. The predicted molar refractivity (Wildman–Crippen MR) is 133 cm³/mol. The Kier molecular flexibility index (Phi) is 8.68. The van der Waals surface area contributed by atoms with Crippen molar-refractivity contribution in [2.75, 3.05) is 19.5 Å². The molecule has 1 aliphatic rings. The Morgan fingerprint density at radius 3 is 2.03 bits per heavy atom. The lowest BCUT2D eigenvalue weighted by Crippen LogP contribution is -2.55. The molecule has 1 saturated heterocycles.